The number of hydrogen-bond acceptors (Lipinski definition) is 2. The van der Waals surface area contributed by atoms with Crippen LogP contribution in [-0.4, -0.2) is 6.61 Å². The number of ether oxygens (including phenoxy) is 1. The predicted octanol–water partition coefficient (Wildman–Crippen LogP) is 2.66. The Balaban J connectivity index is 3.00. The first-order valence-electron chi connectivity index (χ1n) is 4.79. The van der Waals surface area contributed by atoms with Crippen molar-refractivity contribution in [3.63, 3.8) is 0 Å². The summed E-state index contributed by atoms with van der Waals surface area (Å²) >= 11 is 0. The van der Waals surface area contributed by atoms with Gasteiger partial charge in [-0.3, -0.25) is 0 Å². The second kappa shape index (κ2) is 4.82. The van der Waals surface area contributed by atoms with Crippen molar-refractivity contribution >= 4 is 0 Å². The Bertz CT molecular complexity index is 320. The van der Waals surface area contributed by atoms with Crippen LogP contribution in [0.15, 0.2) is 36.4 Å². The Morgan fingerprint density at radius 1 is 1.50 bits per heavy atom. The van der Waals surface area contributed by atoms with Gasteiger partial charge < -0.3 is 10.5 Å². The fourth-order valence-corrected chi connectivity index (χ4v) is 1.29. The van der Waals surface area contributed by atoms with Crippen molar-refractivity contribution < 1.29 is 4.74 Å². The minimum atomic E-state index is -0.141. The van der Waals surface area contributed by atoms with Crippen LogP contribution in [0.1, 0.15) is 25.5 Å². The van der Waals surface area contributed by atoms with Gasteiger partial charge in [-0.15, -0.1) is 0 Å². The number of para-hydroxylation sites is 1. The van der Waals surface area contributed by atoms with E-state index in [1.165, 1.54) is 0 Å². The molecule has 0 aliphatic heterocycles. The molecule has 2 nitrogen and oxygen atoms in total. The molecular formula is C12H17NO. The highest BCUT2D eigenvalue weighted by Crippen LogP contribution is 2.26. The lowest BCUT2D eigenvalue weighted by Gasteiger charge is -2.16. The van der Waals surface area contributed by atoms with Crippen LogP contribution in [0.4, 0.5) is 0 Å². The monoisotopic (exact) mass is 191 g/mol. The van der Waals surface area contributed by atoms with Gasteiger partial charge in [-0.05, 0) is 19.9 Å². The highest BCUT2D eigenvalue weighted by molar-refractivity contribution is 5.39. The first kappa shape index (κ1) is 10.8. The van der Waals surface area contributed by atoms with E-state index >= 15 is 0 Å². The van der Waals surface area contributed by atoms with Crippen LogP contribution < -0.4 is 10.5 Å². The molecule has 0 radical (unpaired) electrons. The van der Waals surface area contributed by atoms with Gasteiger partial charge in [-0.25, -0.2) is 0 Å². The van der Waals surface area contributed by atoms with Gasteiger partial charge in [-0.2, -0.15) is 0 Å². The van der Waals surface area contributed by atoms with E-state index in [9.17, 15) is 0 Å². The molecule has 0 aromatic heterocycles. The van der Waals surface area contributed by atoms with Gasteiger partial charge in [0.25, 0.3) is 0 Å². The molecular weight excluding hydrogens is 174 g/mol. The highest BCUT2D eigenvalue weighted by Gasteiger charge is 2.11. The molecule has 0 heterocycles. The van der Waals surface area contributed by atoms with E-state index in [1.54, 1.807) is 0 Å². The summed E-state index contributed by atoms with van der Waals surface area (Å²) in [4.78, 5) is 0. The Hall–Kier alpha value is -1.28. The third kappa shape index (κ3) is 2.36. The maximum atomic E-state index is 5.99. The summed E-state index contributed by atoms with van der Waals surface area (Å²) in [7, 11) is 0. The van der Waals surface area contributed by atoms with E-state index in [0.717, 1.165) is 16.9 Å². The van der Waals surface area contributed by atoms with Crippen molar-refractivity contribution in [2.24, 2.45) is 5.73 Å². The normalized spacial score (nSPS) is 12.2. The average molecular weight is 191 g/mol. The minimum absolute atomic E-state index is 0.141. The quantitative estimate of drug-likeness (QED) is 0.742. The van der Waals surface area contributed by atoms with Gasteiger partial charge in [-0.1, -0.05) is 30.4 Å². The minimum Gasteiger partial charge on any atom is -0.494 e. The zero-order valence-electron chi connectivity index (χ0n) is 8.79. The average Bonchev–Trinajstić information content (AvgIpc) is 2.18. The van der Waals surface area contributed by atoms with Gasteiger partial charge in [0.2, 0.25) is 0 Å². The van der Waals surface area contributed by atoms with Gasteiger partial charge in [0.1, 0.15) is 5.75 Å². The Kier molecular flexibility index (Phi) is 3.72. The third-order valence-corrected chi connectivity index (χ3v) is 2.08. The molecule has 1 atom stereocenters. The molecule has 0 amide bonds. The molecule has 1 unspecified atom stereocenters. The smallest absolute Gasteiger partial charge is 0.124 e. The third-order valence-electron chi connectivity index (χ3n) is 2.08. The molecule has 0 aliphatic rings. The maximum Gasteiger partial charge on any atom is 0.124 e. The van der Waals surface area contributed by atoms with Crippen LogP contribution in [0.2, 0.25) is 0 Å². The predicted molar refractivity (Wildman–Crippen MR) is 59.4 cm³/mol. The molecule has 0 fully saturated rings. The Morgan fingerprint density at radius 2 is 2.14 bits per heavy atom. The lowest BCUT2D eigenvalue weighted by molar-refractivity contribution is 0.335. The number of hydrogen-bond donors (Lipinski definition) is 1. The van der Waals surface area contributed by atoms with E-state index in [-0.39, 0.29) is 6.04 Å². The van der Waals surface area contributed by atoms with Crippen molar-refractivity contribution in [1.82, 2.24) is 0 Å². The fourth-order valence-electron chi connectivity index (χ4n) is 1.29. The Morgan fingerprint density at radius 3 is 2.71 bits per heavy atom. The Labute approximate surface area is 85.4 Å². The molecule has 0 aliphatic carbocycles. The van der Waals surface area contributed by atoms with Crippen LogP contribution >= 0.6 is 0 Å². The van der Waals surface area contributed by atoms with E-state index in [2.05, 4.69) is 6.58 Å². The van der Waals surface area contributed by atoms with Gasteiger partial charge in [0, 0.05) is 5.56 Å². The summed E-state index contributed by atoms with van der Waals surface area (Å²) in [5, 5.41) is 0. The van der Waals surface area contributed by atoms with E-state index < -0.39 is 0 Å². The molecule has 0 saturated heterocycles. The van der Waals surface area contributed by atoms with Crippen LogP contribution in [0.3, 0.4) is 0 Å². The molecule has 0 spiro atoms. The fraction of sp³-hybridized carbons (Fsp3) is 0.333. The molecule has 1 aromatic carbocycles. The summed E-state index contributed by atoms with van der Waals surface area (Å²) in [6.07, 6.45) is 0. The van der Waals surface area contributed by atoms with Crippen LogP contribution in [0, 0.1) is 0 Å². The van der Waals surface area contributed by atoms with E-state index in [4.69, 9.17) is 10.5 Å². The number of benzene rings is 1. The molecule has 14 heavy (non-hydrogen) atoms. The molecule has 1 aromatic rings. The zero-order chi connectivity index (χ0) is 10.6. The van der Waals surface area contributed by atoms with Crippen molar-refractivity contribution in [2.75, 3.05) is 6.61 Å². The first-order chi connectivity index (χ1) is 6.66. The number of nitrogens with two attached hydrogens (primary N) is 1. The molecule has 0 saturated carbocycles. The first-order valence-corrected chi connectivity index (χ1v) is 4.79. The summed E-state index contributed by atoms with van der Waals surface area (Å²) in [6, 6.07) is 7.67. The number of rotatable bonds is 4. The topological polar surface area (TPSA) is 35.2 Å². The summed E-state index contributed by atoms with van der Waals surface area (Å²) < 4.78 is 5.49. The largest absolute Gasteiger partial charge is 0.494 e. The summed E-state index contributed by atoms with van der Waals surface area (Å²) in [6.45, 7) is 8.39. The lowest BCUT2D eigenvalue weighted by atomic mass is 10.0. The van der Waals surface area contributed by atoms with E-state index in [1.807, 2.05) is 38.1 Å². The summed E-state index contributed by atoms with van der Waals surface area (Å²) in [5.74, 6) is 0.852. The van der Waals surface area contributed by atoms with Gasteiger partial charge in [0.05, 0.1) is 12.6 Å². The van der Waals surface area contributed by atoms with Crippen LogP contribution in [-0.2, 0) is 0 Å². The molecule has 2 N–H and O–H groups in total. The second-order valence-corrected chi connectivity index (χ2v) is 3.29. The highest BCUT2D eigenvalue weighted by atomic mass is 16.5. The lowest BCUT2D eigenvalue weighted by Crippen LogP contribution is -2.12. The SMILES string of the molecule is C=C(C)C(N)c1ccccc1OCC. The van der Waals surface area contributed by atoms with Crippen molar-refractivity contribution in [3.8, 4) is 5.75 Å². The van der Waals surface area contributed by atoms with Crippen LogP contribution in [0.5, 0.6) is 5.75 Å². The maximum absolute atomic E-state index is 5.99. The molecule has 0 bridgehead atoms. The molecule has 1 rings (SSSR count). The molecule has 2 heteroatoms. The van der Waals surface area contributed by atoms with Gasteiger partial charge >= 0.3 is 0 Å². The second-order valence-electron chi connectivity index (χ2n) is 3.29. The molecule has 76 valence electrons. The zero-order valence-corrected chi connectivity index (χ0v) is 8.79. The van der Waals surface area contributed by atoms with E-state index in [0.29, 0.717) is 6.61 Å². The summed E-state index contributed by atoms with van der Waals surface area (Å²) in [5.41, 5.74) is 7.93. The van der Waals surface area contributed by atoms with Crippen molar-refractivity contribution in [3.05, 3.63) is 42.0 Å². The van der Waals surface area contributed by atoms with Crippen molar-refractivity contribution in [1.29, 1.82) is 0 Å². The van der Waals surface area contributed by atoms with Crippen molar-refractivity contribution in [2.45, 2.75) is 19.9 Å². The van der Waals surface area contributed by atoms with Gasteiger partial charge in [0.15, 0.2) is 0 Å². The standard InChI is InChI=1S/C12H17NO/c1-4-14-11-8-6-5-7-10(11)12(13)9(2)3/h5-8,12H,2,4,13H2,1,3H3. The van der Waals surface area contributed by atoms with Crippen LogP contribution in [0.25, 0.3) is 0 Å².